The molecule has 0 atom stereocenters. The van der Waals surface area contributed by atoms with E-state index in [4.69, 9.17) is 11.6 Å². The molecule has 0 saturated carbocycles. The van der Waals surface area contributed by atoms with Crippen LogP contribution in [0.3, 0.4) is 0 Å². The third-order valence-corrected chi connectivity index (χ3v) is 4.92. The van der Waals surface area contributed by atoms with Crippen LogP contribution in [0, 0.1) is 5.82 Å². The van der Waals surface area contributed by atoms with Crippen molar-refractivity contribution in [3.8, 4) is 0 Å². The van der Waals surface area contributed by atoms with Crippen LogP contribution in [0.4, 0.5) is 4.39 Å². The Morgan fingerprint density at radius 1 is 0.929 bits per heavy atom. The zero-order valence-electron chi connectivity index (χ0n) is 15.0. The second kappa shape index (κ2) is 7.87. The van der Waals surface area contributed by atoms with Crippen molar-refractivity contribution in [1.29, 1.82) is 0 Å². The van der Waals surface area contributed by atoms with Gasteiger partial charge in [0.1, 0.15) is 11.5 Å². The van der Waals surface area contributed by atoms with Crippen molar-refractivity contribution in [3.63, 3.8) is 0 Å². The molecule has 3 nitrogen and oxygen atoms in total. The Bertz CT molecular complexity index is 1120. The molecule has 1 N–H and O–H groups in total. The van der Waals surface area contributed by atoms with Crippen molar-refractivity contribution in [1.82, 2.24) is 9.88 Å². The normalized spacial score (nSPS) is 10.9. The maximum absolute atomic E-state index is 13.2. The quantitative estimate of drug-likeness (QED) is 0.484. The highest BCUT2D eigenvalue weighted by Crippen LogP contribution is 2.22. The molecule has 1 heterocycles. The highest BCUT2D eigenvalue weighted by Gasteiger charge is 2.15. The van der Waals surface area contributed by atoms with E-state index in [0.29, 0.717) is 23.8 Å². The lowest BCUT2D eigenvalue weighted by Gasteiger charge is -2.12. The minimum atomic E-state index is -0.276. The molecule has 0 unspecified atom stereocenters. The summed E-state index contributed by atoms with van der Waals surface area (Å²) in [5.74, 6) is -0.435. The maximum Gasteiger partial charge on any atom is 0.268 e. The summed E-state index contributed by atoms with van der Waals surface area (Å²) in [4.78, 5) is 12.9. The number of nitrogens with zero attached hydrogens (tertiary/aromatic N) is 1. The second-order valence-electron chi connectivity index (χ2n) is 6.61. The van der Waals surface area contributed by atoms with Crippen LogP contribution in [0.5, 0.6) is 0 Å². The van der Waals surface area contributed by atoms with Gasteiger partial charge in [0, 0.05) is 29.0 Å². The van der Waals surface area contributed by atoms with Crippen LogP contribution in [0.2, 0.25) is 5.02 Å². The van der Waals surface area contributed by atoms with E-state index in [0.717, 1.165) is 22.0 Å². The molecule has 0 aliphatic carbocycles. The number of amides is 1. The second-order valence-corrected chi connectivity index (χ2v) is 7.05. The van der Waals surface area contributed by atoms with Crippen LogP contribution < -0.4 is 5.32 Å². The molecule has 5 heteroatoms. The first-order valence-corrected chi connectivity index (χ1v) is 9.33. The number of para-hydroxylation sites is 1. The molecule has 4 rings (SSSR count). The summed E-state index contributed by atoms with van der Waals surface area (Å²) in [6.45, 7) is 0.894. The fourth-order valence-corrected chi connectivity index (χ4v) is 3.34. The summed E-state index contributed by atoms with van der Waals surface area (Å²) in [7, 11) is 0. The maximum atomic E-state index is 13.2. The Kier molecular flexibility index (Phi) is 5.13. The van der Waals surface area contributed by atoms with Crippen molar-refractivity contribution in [2.45, 2.75) is 13.1 Å². The summed E-state index contributed by atoms with van der Waals surface area (Å²) < 4.78 is 15.2. The molecule has 4 aromatic rings. The van der Waals surface area contributed by atoms with Crippen molar-refractivity contribution in [3.05, 3.63) is 107 Å². The van der Waals surface area contributed by atoms with Crippen molar-refractivity contribution in [2.24, 2.45) is 0 Å². The summed E-state index contributed by atoms with van der Waals surface area (Å²) in [6.07, 6.45) is 0. The third-order valence-electron chi connectivity index (χ3n) is 4.66. The molecule has 0 aliphatic rings. The first kappa shape index (κ1) is 18.3. The predicted octanol–water partition coefficient (Wildman–Crippen LogP) is 5.41. The highest BCUT2D eigenvalue weighted by molar-refractivity contribution is 6.30. The van der Waals surface area contributed by atoms with Crippen molar-refractivity contribution in [2.75, 3.05) is 0 Å². The van der Waals surface area contributed by atoms with Gasteiger partial charge in [-0.3, -0.25) is 4.79 Å². The van der Waals surface area contributed by atoms with E-state index in [-0.39, 0.29) is 11.7 Å². The van der Waals surface area contributed by atoms with E-state index in [1.165, 1.54) is 12.1 Å². The van der Waals surface area contributed by atoms with E-state index in [1.54, 1.807) is 24.3 Å². The number of fused-ring (bicyclic) bond motifs is 1. The summed E-state index contributed by atoms with van der Waals surface area (Å²) in [5.41, 5.74) is 3.43. The zero-order chi connectivity index (χ0) is 19.5. The number of carbonyl (C=O) groups excluding carboxylic acids is 1. The van der Waals surface area contributed by atoms with Crippen molar-refractivity contribution >= 4 is 28.4 Å². The molecule has 3 aromatic carbocycles. The lowest BCUT2D eigenvalue weighted by molar-refractivity contribution is 0.0942. The van der Waals surface area contributed by atoms with Gasteiger partial charge in [0.25, 0.3) is 5.91 Å². The first-order valence-electron chi connectivity index (χ1n) is 8.95. The largest absolute Gasteiger partial charge is 0.347 e. The molecule has 0 radical (unpaired) electrons. The molecule has 1 amide bonds. The number of carbonyl (C=O) groups is 1. The topological polar surface area (TPSA) is 34.0 Å². The molecule has 140 valence electrons. The number of benzene rings is 3. The van der Waals surface area contributed by atoms with Crippen LogP contribution in [-0.4, -0.2) is 10.5 Å². The summed E-state index contributed by atoms with van der Waals surface area (Å²) in [5, 5.41) is 4.62. The number of hydrogen-bond acceptors (Lipinski definition) is 1. The van der Waals surface area contributed by atoms with E-state index in [9.17, 15) is 9.18 Å². The fourth-order valence-electron chi connectivity index (χ4n) is 3.22. The number of hydrogen-bond donors (Lipinski definition) is 1. The van der Waals surface area contributed by atoms with Crippen LogP contribution in [0.25, 0.3) is 10.9 Å². The van der Waals surface area contributed by atoms with Crippen molar-refractivity contribution < 1.29 is 9.18 Å². The average Bonchev–Trinajstić information content (AvgIpc) is 3.08. The lowest BCUT2D eigenvalue weighted by atomic mass is 10.2. The molecular weight excluding hydrogens is 375 g/mol. The molecule has 0 saturated heterocycles. The highest BCUT2D eigenvalue weighted by atomic mass is 35.5. The Hall–Kier alpha value is -3.11. The number of aromatic nitrogens is 1. The molecule has 28 heavy (non-hydrogen) atoms. The zero-order valence-corrected chi connectivity index (χ0v) is 15.8. The Labute approximate surface area is 167 Å². The Morgan fingerprint density at radius 3 is 2.36 bits per heavy atom. The minimum Gasteiger partial charge on any atom is -0.347 e. The minimum absolute atomic E-state index is 0.159. The Morgan fingerprint density at radius 2 is 1.61 bits per heavy atom. The fraction of sp³-hybridized carbons (Fsp3) is 0.0870. The Balaban J connectivity index is 1.62. The average molecular weight is 393 g/mol. The van der Waals surface area contributed by atoms with E-state index in [1.807, 2.05) is 47.0 Å². The van der Waals surface area contributed by atoms with E-state index < -0.39 is 0 Å². The van der Waals surface area contributed by atoms with Gasteiger partial charge >= 0.3 is 0 Å². The van der Waals surface area contributed by atoms with Crippen LogP contribution in [-0.2, 0) is 13.1 Å². The van der Waals surface area contributed by atoms with Gasteiger partial charge in [-0.1, -0.05) is 54.1 Å². The molecule has 1 aromatic heterocycles. The molecule has 0 fully saturated rings. The summed E-state index contributed by atoms with van der Waals surface area (Å²) in [6, 6.07) is 23.4. The van der Waals surface area contributed by atoms with Gasteiger partial charge in [-0.25, -0.2) is 4.39 Å². The molecule has 0 bridgehead atoms. The van der Waals surface area contributed by atoms with Gasteiger partial charge in [0.15, 0.2) is 0 Å². The van der Waals surface area contributed by atoms with Gasteiger partial charge in [-0.15, -0.1) is 0 Å². The number of nitrogens with one attached hydrogen (secondary N) is 1. The van der Waals surface area contributed by atoms with Gasteiger partial charge in [0.2, 0.25) is 0 Å². The van der Waals surface area contributed by atoms with Crippen LogP contribution >= 0.6 is 11.6 Å². The SMILES string of the molecule is O=C(NCc1ccc(Cl)cc1)c1cc2ccccc2n1Cc1ccc(F)cc1. The number of rotatable bonds is 5. The third kappa shape index (κ3) is 3.92. The van der Waals surface area contributed by atoms with E-state index in [2.05, 4.69) is 5.32 Å². The molecular formula is C23H18ClFN2O. The van der Waals surface area contributed by atoms with Gasteiger partial charge in [0.05, 0.1) is 0 Å². The lowest BCUT2D eigenvalue weighted by Crippen LogP contribution is -2.25. The monoisotopic (exact) mass is 392 g/mol. The van der Waals surface area contributed by atoms with Gasteiger partial charge in [-0.2, -0.15) is 0 Å². The van der Waals surface area contributed by atoms with E-state index >= 15 is 0 Å². The first-order chi connectivity index (χ1) is 13.6. The van der Waals surface area contributed by atoms with Gasteiger partial charge in [-0.05, 0) is 47.5 Å². The molecule has 0 aliphatic heterocycles. The predicted molar refractivity (Wildman–Crippen MR) is 110 cm³/mol. The van der Waals surface area contributed by atoms with Crippen LogP contribution in [0.1, 0.15) is 21.6 Å². The smallest absolute Gasteiger partial charge is 0.268 e. The number of halogens is 2. The summed E-state index contributed by atoms with van der Waals surface area (Å²) >= 11 is 5.91. The standard InChI is InChI=1S/C23H18ClFN2O/c24-19-9-5-16(6-10-19)14-26-23(28)22-13-18-3-1-2-4-21(18)27(22)15-17-7-11-20(25)12-8-17/h1-13H,14-15H2,(H,26,28). The van der Waals surface area contributed by atoms with Gasteiger partial charge < -0.3 is 9.88 Å². The van der Waals surface area contributed by atoms with Crippen LogP contribution in [0.15, 0.2) is 78.9 Å². The molecule has 0 spiro atoms.